The van der Waals surface area contributed by atoms with Gasteiger partial charge in [0.15, 0.2) is 6.10 Å². The summed E-state index contributed by atoms with van der Waals surface area (Å²) in [5, 5.41) is 0. The second kappa shape index (κ2) is 45.2. The lowest BCUT2D eigenvalue weighted by Crippen LogP contribution is -2.29. The van der Waals surface area contributed by atoms with E-state index in [9.17, 15) is 19.0 Å². The first-order chi connectivity index (χ1) is 28.8. The van der Waals surface area contributed by atoms with Gasteiger partial charge in [0.05, 0.1) is 13.2 Å². The van der Waals surface area contributed by atoms with Crippen LogP contribution in [0, 0.1) is 0 Å². The zero-order chi connectivity index (χ0) is 43.2. The number of unbranched alkanes of at least 4 members (excludes halogenated alkanes) is 21. The molecule has 0 amide bonds. The highest BCUT2D eigenvalue weighted by atomic mass is 31.2. The lowest BCUT2D eigenvalue weighted by molar-refractivity contribution is -0.161. The van der Waals surface area contributed by atoms with E-state index in [1.807, 2.05) is 0 Å². The summed E-state index contributed by atoms with van der Waals surface area (Å²) >= 11 is 0. The van der Waals surface area contributed by atoms with Gasteiger partial charge < -0.3 is 20.1 Å². The zero-order valence-corrected chi connectivity index (χ0v) is 38.6. The summed E-state index contributed by atoms with van der Waals surface area (Å²) in [7, 11) is -4.39. The summed E-state index contributed by atoms with van der Waals surface area (Å²) in [4.78, 5) is 35.0. The maximum atomic E-state index is 12.6. The van der Waals surface area contributed by atoms with Crippen molar-refractivity contribution in [3.05, 3.63) is 60.8 Å². The van der Waals surface area contributed by atoms with Crippen molar-refractivity contribution in [2.75, 3.05) is 26.4 Å². The summed E-state index contributed by atoms with van der Waals surface area (Å²) in [6, 6.07) is 0. The molecule has 0 heterocycles. The molecule has 0 aliphatic carbocycles. The van der Waals surface area contributed by atoms with Gasteiger partial charge in [-0.3, -0.25) is 18.6 Å². The van der Waals surface area contributed by atoms with Crippen LogP contribution in [0.5, 0.6) is 0 Å². The lowest BCUT2D eigenvalue weighted by atomic mass is 10.1. The molecular weight excluding hydrogens is 762 g/mol. The fourth-order valence-corrected chi connectivity index (χ4v) is 7.08. The smallest absolute Gasteiger partial charge is 0.462 e. The van der Waals surface area contributed by atoms with E-state index < -0.39 is 32.5 Å². The fraction of sp³-hybridized carbons (Fsp3) is 0.755. The summed E-state index contributed by atoms with van der Waals surface area (Å²) in [5.74, 6) is -0.867. The Labute approximate surface area is 361 Å². The van der Waals surface area contributed by atoms with Gasteiger partial charge in [-0.25, -0.2) is 4.57 Å². The Morgan fingerprint density at radius 1 is 0.508 bits per heavy atom. The SMILES string of the molecule is CCCCC/C=C/C/C=C/C/C=C/C/C=C/CCCCCC(=O)OC[C@H](COP(=O)(O)OCCN)OC(=O)CCCCCCCCCCC/C=C/CCCCCCCC. The van der Waals surface area contributed by atoms with Crippen LogP contribution in [0.1, 0.15) is 206 Å². The predicted molar refractivity (Wildman–Crippen MR) is 247 cm³/mol. The van der Waals surface area contributed by atoms with E-state index in [0.29, 0.717) is 12.8 Å². The molecule has 0 rings (SSSR count). The first-order valence-corrected chi connectivity index (χ1v) is 25.3. The Kier molecular flexibility index (Phi) is 43.5. The second-order valence-electron chi connectivity index (χ2n) is 15.6. The van der Waals surface area contributed by atoms with Crippen LogP contribution >= 0.6 is 7.82 Å². The minimum Gasteiger partial charge on any atom is -0.462 e. The summed E-state index contributed by atoms with van der Waals surface area (Å²) in [5.41, 5.74) is 5.36. The third kappa shape index (κ3) is 45.1. The molecule has 0 aliphatic heterocycles. The standard InChI is InChI=1S/C49H88NO8P/c1-3-5-7-9-11-13-15-17-19-21-23-25-27-29-31-33-35-37-39-41-48(51)55-45-47(46-57-59(53,54)56-44-43-50)58-49(52)42-40-38-36-34-32-30-28-26-24-22-20-18-16-14-12-10-8-6-4-2/h11,13,17-20,23,25,29,31,47H,3-10,12,14-16,21-22,24,26-28,30,32-46,50H2,1-2H3,(H,53,54)/b13-11+,19-17+,20-18+,25-23+,31-29+/t47-/m1/s1. The molecular formula is C49H88NO8P. The van der Waals surface area contributed by atoms with Gasteiger partial charge in [-0.15, -0.1) is 0 Å². The third-order valence-corrected chi connectivity index (χ3v) is 10.9. The highest BCUT2D eigenvalue weighted by Gasteiger charge is 2.26. The number of allylic oxidation sites excluding steroid dienone is 10. The first-order valence-electron chi connectivity index (χ1n) is 23.8. The van der Waals surface area contributed by atoms with Gasteiger partial charge in [0.25, 0.3) is 0 Å². The molecule has 0 saturated heterocycles. The Morgan fingerprint density at radius 2 is 0.881 bits per heavy atom. The molecule has 342 valence electrons. The number of ether oxygens (including phenoxy) is 2. The molecule has 0 saturated carbocycles. The first kappa shape index (κ1) is 56.7. The van der Waals surface area contributed by atoms with E-state index in [4.69, 9.17) is 24.3 Å². The third-order valence-electron chi connectivity index (χ3n) is 9.88. The molecule has 0 aromatic carbocycles. The largest absolute Gasteiger partial charge is 0.472 e. The van der Waals surface area contributed by atoms with E-state index in [1.54, 1.807) is 0 Å². The van der Waals surface area contributed by atoms with Crippen LogP contribution in [0.25, 0.3) is 0 Å². The molecule has 9 nitrogen and oxygen atoms in total. The monoisotopic (exact) mass is 850 g/mol. The molecule has 59 heavy (non-hydrogen) atoms. The molecule has 0 spiro atoms. The van der Waals surface area contributed by atoms with Crippen LogP contribution in [0.4, 0.5) is 0 Å². The van der Waals surface area contributed by atoms with E-state index in [-0.39, 0.29) is 32.6 Å². The van der Waals surface area contributed by atoms with E-state index >= 15 is 0 Å². The van der Waals surface area contributed by atoms with Gasteiger partial charge in [-0.05, 0) is 83.5 Å². The van der Waals surface area contributed by atoms with Crippen LogP contribution in [0.3, 0.4) is 0 Å². The fourth-order valence-electron chi connectivity index (χ4n) is 6.32. The van der Waals surface area contributed by atoms with Gasteiger partial charge in [-0.2, -0.15) is 0 Å². The molecule has 10 heteroatoms. The minimum atomic E-state index is -4.39. The molecule has 0 radical (unpaired) electrons. The summed E-state index contributed by atoms with van der Waals surface area (Å²) in [6.45, 7) is 3.67. The molecule has 0 bridgehead atoms. The van der Waals surface area contributed by atoms with Crippen molar-refractivity contribution in [2.45, 2.75) is 213 Å². The Balaban J connectivity index is 4.17. The lowest BCUT2D eigenvalue weighted by Gasteiger charge is -2.19. The van der Waals surface area contributed by atoms with Gasteiger partial charge in [0.2, 0.25) is 0 Å². The molecule has 0 aromatic heterocycles. The van der Waals surface area contributed by atoms with Crippen LogP contribution < -0.4 is 5.73 Å². The summed E-state index contributed by atoms with van der Waals surface area (Å²) in [6.07, 6.45) is 53.9. The van der Waals surface area contributed by atoms with Crippen LogP contribution in [-0.2, 0) is 32.7 Å². The molecule has 3 N–H and O–H groups in total. The molecule has 2 atom stereocenters. The number of hydrogen-bond acceptors (Lipinski definition) is 8. The van der Waals surface area contributed by atoms with Crippen molar-refractivity contribution in [3.8, 4) is 0 Å². The Hall–Kier alpha value is -2.29. The van der Waals surface area contributed by atoms with Crippen LogP contribution in [-0.4, -0.2) is 49.3 Å². The Morgan fingerprint density at radius 3 is 1.37 bits per heavy atom. The number of hydrogen-bond donors (Lipinski definition) is 2. The molecule has 0 aromatic rings. The van der Waals surface area contributed by atoms with Crippen molar-refractivity contribution >= 4 is 19.8 Å². The number of nitrogens with two attached hydrogens (primary N) is 1. The number of rotatable bonds is 44. The van der Waals surface area contributed by atoms with Crippen molar-refractivity contribution in [1.29, 1.82) is 0 Å². The molecule has 0 aliphatic rings. The zero-order valence-electron chi connectivity index (χ0n) is 37.7. The highest BCUT2D eigenvalue weighted by Crippen LogP contribution is 2.43. The van der Waals surface area contributed by atoms with Gasteiger partial charge in [0, 0.05) is 19.4 Å². The van der Waals surface area contributed by atoms with Crippen LogP contribution in [0.15, 0.2) is 60.8 Å². The number of phosphoric acid groups is 1. The summed E-state index contributed by atoms with van der Waals surface area (Å²) < 4.78 is 32.8. The van der Waals surface area contributed by atoms with E-state index in [2.05, 4.69) is 74.6 Å². The quantitative estimate of drug-likeness (QED) is 0.0266. The van der Waals surface area contributed by atoms with Crippen molar-refractivity contribution in [3.63, 3.8) is 0 Å². The normalized spacial score (nSPS) is 13.8. The van der Waals surface area contributed by atoms with Gasteiger partial charge in [0.1, 0.15) is 6.61 Å². The highest BCUT2D eigenvalue weighted by molar-refractivity contribution is 7.47. The van der Waals surface area contributed by atoms with Crippen molar-refractivity contribution in [1.82, 2.24) is 0 Å². The maximum Gasteiger partial charge on any atom is 0.472 e. The minimum absolute atomic E-state index is 0.0464. The number of phosphoric ester groups is 1. The van der Waals surface area contributed by atoms with E-state index in [0.717, 1.165) is 57.8 Å². The van der Waals surface area contributed by atoms with Crippen molar-refractivity contribution in [2.24, 2.45) is 5.73 Å². The predicted octanol–water partition coefficient (Wildman–Crippen LogP) is 14.1. The van der Waals surface area contributed by atoms with Gasteiger partial charge in [-0.1, -0.05) is 171 Å². The van der Waals surface area contributed by atoms with E-state index in [1.165, 1.54) is 109 Å². The molecule has 1 unspecified atom stereocenters. The van der Waals surface area contributed by atoms with Crippen molar-refractivity contribution < 1.29 is 37.6 Å². The number of carbonyl (C=O) groups is 2. The number of carbonyl (C=O) groups excluding carboxylic acids is 2. The maximum absolute atomic E-state index is 12.6. The topological polar surface area (TPSA) is 134 Å². The average Bonchev–Trinajstić information content (AvgIpc) is 3.22. The Bertz CT molecular complexity index is 1150. The van der Waals surface area contributed by atoms with Crippen LogP contribution in [0.2, 0.25) is 0 Å². The van der Waals surface area contributed by atoms with Gasteiger partial charge >= 0.3 is 19.8 Å². The number of esters is 2. The molecule has 0 fully saturated rings. The average molecular weight is 850 g/mol. The second-order valence-corrected chi connectivity index (χ2v) is 17.1.